The maximum Gasteiger partial charge on any atom is 0.120 e. The molecule has 0 aromatic rings. The molecule has 0 unspecified atom stereocenters. The van der Waals surface area contributed by atoms with Crippen LogP contribution in [0.5, 0.6) is 0 Å². The molecule has 0 aromatic heterocycles. The summed E-state index contributed by atoms with van der Waals surface area (Å²) < 4.78 is 0. The van der Waals surface area contributed by atoms with Crippen molar-refractivity contribution in [3.8, 4) is 12.3 Å². The van der Waals surface area contributed by atoms with Gasteiger partial charge < -0.3 is 4.79 Å². The highest BCUT2D eigenvalue weighted by Crippen LogP contribution is 2.07. The molecule has 1 nitrogen and oxygen atoms in total. The Labute approximate surface area is 81.2 Å². The fraction of sp³-hybridized carbons (Fsp3) is 0.583. The topological polar surface area (TPSA) is 17.1 Å². The van der Waals surface area contributed by atoms with E-state index in [1.165, 1.54) is 5.57 Å². The van der Waals surface area contributed by atoms with Gasteiger partial charge in [-0.1, -0.05) is 11.6 Å². The second kappa shape index (κ2) is 9.06. The summed E-state index contributed by atoms with van der Waals surface area (Å²) in [7, 11) is 0. The minimum Gasteiger partial charge on any atom is -0.303 e. The van der Waals surface area contributed by atoms with Gasteiger partial charge in [0, 0.05) is 12.8 Å². The molecule has 0 saturated heterocycles. The number of unbranched alkanes of at least 4 members (excludes halogenated alkanes) is 3. The van der Waals surface area contributed by atoms with E-state index in [-0.39, 0.29) is 0 Å². The molecule has 0 saturated carbocycles. The van der Waals surface area contributed by atoms with Gasteiger partial charge in [-0.15, -0.1) is 12.3 Å². The fourth-order valence-corrected chi connectivity index (χ4v) is 1.11. The molecule has 0 aliphatic carbocycles. The first-order chi connectivity index (χ1) is 6.31. The fourth-order valence-electron chi connectivity index (χ4n) is 1.11. The summed E-state index contributed by atoms with van der Waals surface area (Å²) in [5.74, 6) is 2.62. The van der Waals surface area contributed by atoms with Crippen molar-refractivity contribution in [2.75, 3.05) is 0 Å². The van der Waals surface area contributed by atoms with Crippen LogP contribution in [0.1, 0.15) is 45.4 Å². The average Bonchev–Trinajstić information content (AvgIpc) is 2.14. The zero-order valence-electron chi connectivity index (χ0n) is 8.38. The van der Waals surface area contributed by atoms with Crippen molar-refractivity contribution in [1.82, 2.24) is 0 Å². The van der Waals surface area contributed by atoms with Crippen molar-refractivity contribution in [2.24, 2.45) is 0 Å². The highest BCUT2D eigenvalue weighted by atomic mass is 16.1. The van der Waals surface area contributed by atoms with Crippen molar-refractivity contribution in [3.63, 3.8) is 0 Å². The van der Waals surface area contributed by atoms with Crippen LogP contribution in [0.3, 0.4) is 0 Å². The van der Waals surface area contributed by atoms with E-state index < -0.39 is 0 Å². The molecule has 0 amide bonds. The first kappa shape index (κ1) is 12.0. The smallest absolute Gasteiger partial charge is 0.120 e. The summed E-state index contributed by atoms with van der Waals surface area (Å²) in [5, 5.41) is 0. The third-order valence-electron chi connectivity index (χ3n) is 1.92. The molecule has 0 heterocycles. The van der Waals surface area contributed by atoms with Crippen molar-refractivity contribution < 1.29 is 4.79 Å². The van der Waals surface area contributed by atoms with Gasteiger partial charge in [-0.2, -0.15) is 0 Å². The van der Waals surface area contributed by atoms with Crippen molar-refractivity contribution >= 4 is 6.29 Å². The molecule has 0 fully saturated rings. The van der Waals surface area contributed by atoms with Gasteiger partial charge in [-0.05, 0) is 32.6 Å². The van der Waals surface area contributed by atoms with E-state index in [9.17, 15) is 4.79 Å². The van der Waals surface area contributed by atoms with Crippen LogP contribution in [0.4, 0.5) is 0 Å². The predicted octanol–water partition coefficient (Wildman–Crippen LogP) is 3.11. The third-order valence-corrected chi connectivity index (χ3v) is 1.92. The summed E-state index contributed by atoms with van der Waals surface area (Å²) in [5.41, 5.74) is 1.31. The number of allylic oxidation sites excluding steroid dienone is 2. The highest BCUT2D eigenvalue weighted by molar-refractivity contribution is 5.49. The van der Waals surface area contributed by atoms with Gasteiger partial charge in [-0.25, -0.2) is 0 Å². The lowest BCUT2D eigenvalue weighted by Gasteiger charge is -1.97. The molecule has 0 aromatic carbocycles. The van der Waals surface area contributed by atoms with E-state index in [0.717, 1.165) is 38.4 Å². The van der Waals surface area contributed by atoms with Crippen LogP contribution >= 0.6 is 0 Å². The van der Waals surface area contributed by atoms with Crippen LogP contribution < -0.4 is 0 Å². The number of aldehydes is 1. The first-order valence-electron chi connectivity index (χ1n) is 4.84. The number of hydrogen-bond acceptors (Lipinski definition) is 1. The molecule has 0 rings (SSSR count). The molecule has 0 N–H and O–H groups in total. The van der Waals surface area contributed by atoms with Crippen molar-refractivity contribution in [1.29, 1.82) is 0 Å². The van der Waals surface area contributed by atoms with E-state index >= 15 is 0 Å². The molecule has 0 aliphatic rings. The lowest BCUT2D eigenvalue weighted by atomic mass is 10.1. The Bertz CT molecular complexity index is 196. The Balaban J connectivity index is 3.37. The summed E-state index contributed by atoms with van der Waals surface area (Å²) in [4.78, 5) is 10.1. The molecule has 0 spiro atoms. The molecular formula is C12H18O. The predicted molar refractivity (Wildman–Crippen MR) is 56.4 cm³/mol. The lowest BCUT2D eigenvalue weighted by molar-refractivity contribution is -0.107. The van der Waals surface area contributed by atoms with Crippen molar-refractivity contribution in [3.05, 3.63) is 11.6 Å². The number of rotatable bonds is 7. The highest BCUT2D eigenvalue weighted by Gasteiger charge is 1.89. The standard InChI is InChI=1S/C12H18O/c1-3-4-5-6-7-9-12(2)10-8-11-13/h1,9,11H,4-8,10H2,2H3/b12-9+. The van der Waals surface area contributed by atoms with Crippen LogP contribution in [-0.2, 0) is 4.79 Å². The van der Waals surface area contributed by atoms with Gasteiger partial charge in [0.25, 0.3) is 0 Å². The van der Waals surface area contributed by atoms with Gasteiger partial charge in [0.05, 0.1) is 0 Å². The molecular weight excluding hydrogens is 160 g/mol. The van der Waals surface area contributed by atoms with E-state index in [2.05, 4.69) is 18.9 Å². The first-order valence-corrected chi connectivity index (χ1v) is 4.84. The maximum absolute atomic E-state index is 10.1. The second-order valence-electron chi connectivity index (χ2n) is 3.21. The van der Waals surface area contributed by atoms with Gasteiger partial charge in [0.2, 0.25) is 0 Å². The van der Waals surface area contributed by atoms with E-state index in [1.54, 1.807) is 0 Å². The van der Waals surface area contributed by atoms with Crippen LogP contribution in [0.15, 0.2) is 11.6 Å². The minimum atomic E-state index is 0.646. The summed E-state index contributed by atoms with van der Waals surface area (Å²) in [6, 6.07) is 0. The normalized spacial score (nSPS) is 10.9. The Hall–Kier alpha value is -1.03. The van der Waals surface area contributed by atoms with Gasteiger partial charge in [0.1, 0.15) is 6.29 Å². The Morgan fingerprint density at radius 1 is 1.38 bits per heavy atom. The van der Waals surface area contributed by atoms with Crippen LogP contribution in [-0.4, -0.2) is 6.29 Å². The van der Waals surface area contributed by atoms with Crippen LogP contribution in [0.2, 0.25) is 0 Å². The molecule has 0 bridgehead atoms. The summed E-state index contributed by atoms with van der Waals surface area (Å²) in [6.45, 7) is 2.07. The molecule has 0 radical (unpaired) electrons. The molecule has 0 aliphatic heterocycles. The Morgan fingerprint density at radius 3 is 2.77 bits per heavy atom. The summed E-state index contributed by atoms with van der Waals surface area (Å²) in [6.07, 6.45) is 14.1. The zero-order chi connectivity index (χ0) is 9.94. The van der Waals surface area contributed by atoms with Gasteiger partial charge in [-0.3, -0.25) is 0 Å². The van der Waals surface area contributed by atoms with E-state index in [4.69, 9.17) is 6.42 Å². The molecule has 72 valence electrons. The van der Waals surface area contributed by atoms with E-state index in [1.807, 2.05) is 0 Å². The lowest BCUT2D eigenvalue weighted by Crippen LogP contribution is -1.80. The number of carbonyl (C=O) groups excluding carboxylic acids is 1. The molecule has 1 heteroatoms. The SMILES string of the molecule is C#CCCCC/C=C(\C)CCC=O. The maximum atomic E-state index is 10.1. The average molecular weight is 178 g/mol. The van der Waals surface area contributed by atoms with E-state index in [0.29, 0.717) is 6.42 Å². The molecule has 13 heavy (non-hydrogen) atoms. The monoisotopic (exact) mass is 178 g/mol. The third kappa shape index (κ3) is 8.88. The molecule has 0 atom stereocenters. The second-order valence-corrected chi connectivity index (χ2v) is 3.21. The number of terminal acetylenes is 1. The quantitative estimate of drug-likeness (QED) is 0.253. The van der Waals surface area contributed by atoms with Crippen molar-refractivity contribution in [2.45, 2.75) is 45.4 Å². The number of hydrogen-bond donors (Lipinski definition) is 0. The summed E-state index contributed by atoms with van der Waals surface area (Å²) >= 11 is 0. The van der Waals surface area contributed by atoms with Gasteiger partial charge in [0.15, 0.2) is 0 Å². The van der Waals surface area contributed by atoms with Crippen LogP contribution in [0.25, 0.3) is 0 Å². The number of carbonyl (C=O) groups is 1. The Kier molecular flexibility index (Phi) is 8.34. The Morgan fingerprint density at radius 2 is 2.15 bits per heavy atom. The minimum absolute atomic E-state index is 0.646. The largest absolute Gasteiger partial charge is 0.303 e. The van der Waals surface area contributed by atoms with Gasteiger partial charge >= 0.3 is 0 Å². The zero-order valence-corrected chi connectivity index (χ0v) is 8.38. The van der Waals surface area contributed by atoms with Crippen LogP contribution in [0, 0.1) is 12.3 Å².